The van der Waals surface area contributed by atoms with Gasteiger partial charge in [-0.05, 0) is 18.3 Å². The first kappa shape index (κ1) is 15.2. The van der Waals surface area contributed by atoms with Gasteiger partial charge in [0.25, 0.3) is 0 Å². The summed E-state index contributed by atoms with van der Waals surface area (Å²) in [7, 11) is 1.72. The molecule has 0 aliphatic carbocycles. The van der Waals surface area contributed by atoms with E-state index in [-0.39, 0.29) is 5.41 Å². The standard InChI is InChI=1S/C11H26N4O/c1-5-7-13-10(15-12)14-9-11(2,3)6-8-16-4/h5-9,12H2,1-4H3,(H2,13,14,15). The van der Waals surface area contributed by atoms with E-state index in [2.05, 4.69) is 36.5 Å². The summed E-state index contributed by atoms with van der Waals surface area (Å²) in [5, 5.41) is 3.13. The van der Waals surface area contributed by atoms with Crippen LogP contribution in [-0.4, -0.2) is 32.8 Å². The zero-order chi connectivity index (χ0) is 12.4. The van der Waals surface area contributed by atoms with Crippen molar-refractivity contribution in [3.63, 3.8) is 0 Å². The highest BCUT2D eigenvalue weighted by molar-refractivity contribution is 5.79. The van der Waals surface area contributed by atoms with Gasteiger partial charge in [-0.1, -0.05) is 20.8 Å². The Morgan fingerprint density at radius 3 is 2.62 bits per heavy atom. The van der Waals surface area contributed by atoms with E-state index in [9.17, 15) is 0 Å². The maximum atomic E-state index is 5.38. The van der Waals surface area contributed by atoms with Crippen LogP contribution < -0.4 is 16.6 Å². The number of aliphatic imine (C=N–C) groups is 1. The molecule has 0 saturated heterocycles. The van der Waals surface area contributed by atoms with Gasteiger partial charge >= 0.3 is 0 Å². The van der Waals surface area contributed by atoms with E-state index in [4.69, 9.17) is 10.6 Å². The summed E-state index contributed by atoms with van der Waals surface area (Å²) in [6, 6.07) is 0. The third-order valence-corrected chi connectivity index (χ3v) is 2.33. The fraction of sp³-hybridized carbons (Fsp3) is 0.909. The van der Waals surface area contributed by atoms with E-state index in [1.807, 2.05) is 0 Å². The minimum absolute atomic E-state index is 0.131. The highest BCUT2D eigenvalue weighted by atomic mass is 16.5. The molecule has 4 N–H and O–H groups in total. The minimum atomic E-state index is 0.131. The first-order valence-corrected chi connectivity index (χ1v) is 5.79. The van der Waals surface area contributed by atoms with E-state index in [0.29, 0.717) is 5.96 Å². The summed E-state index contributed by atoms with van der Waals surface area (Å²) in [4.78, 5) is 4.42. The normalized spacial score (nSPS) is 12.7. The van der Waals surface area contributed by atoms with Crippen LogP contribution in [0.3, 0.4) is 0 Å². The quantitative estimate of drug-likeness (QED) is 0.263. The van der Waals surface area contributed by atoms with E-state index in [1.165, 1.54) is 0 Å². The summed E-state index contributed by atoms with van der Waals surface area (Å²) in [5.41, 5.74) is 2.70. The lowest BCUT2D eigenvalue weighted by Gasteiger charge is -2.22. The Hall–Kier alpha value is -0.810. The Balaban J connectivity index is 4.07. The van der Waals surface area contributed by atoms with Crippen LogP contribution in [0.15, 0.2) is 4.99 Å². The molecule has 0 amide bonds. The van der Waals surface area contributed by atoms with Gasteiger partial charge in [-0.25, -0.2) is 5.84 Å². The lowest BCUT2D eigenvalue weighted by Crippen LogP contribution is -2.42. The van der Waals surface area contributed by atoms with Crippen molar-refractivity contribution < 1.29 is 4.74 Å². The second-order valence-corrected chi connectivity index (χ2v) is 4.64. The maximum absolute atomic E-state index is 5.38. The number of nitrogens with one attached hydrogen (secondary N) is 2. The van der Waals surface area contributed by atoms with Crippen LogP contribution in [0.4, 0.5) is 0 Å². The van der Waals surface area contributed by atoms with Crippen LogP contribution in [0.2, 0.25) is 0 Å². The third-order valence-electron chi connectivity index (χ3n) is 2.33. The molecular formula is C11H26N4O. The molecule has 0 fully saturated rings. The van der Waals surface area contributed by atoms with Crippen molar-refractivity contribution in [1.29, 1.82) is 0 Å². The molecule has 0 aliphatic rings. The van der Waals surface area contributed by atoms with Gasteiger partial charge in [-0.15, -0.1) is 0 Å². The van der Waals surface area contributed by atoms with Gasteiger partial charge in [0.1, 0.15) is 0 Å². The summed E-state index contributed by atoms with van der Waals surface area (Å²) in [6.07, 6.45) is 2.03. The number of guanidine groups is 1. The Bertz CT molecular complexity index is 204. The second-order valence-electron chi connectivity index (χ2n) is 4.64. The van der Waals surface area contributed by atoms with E-state index < -0.39 is 0 Å². The van der Waals surface area contributed by atoms with Crippen molar-refractivity contribution in [3.05, 3.63) is 0 Å². The Morgan fingerprint density at radius 2 is 2.12 bits per heavy atom. The number of nitrogens with zero attached hydrogens (tertiary/aromatic N) is 1. The Labute approximate surface area is 98.8 Å². The van der Waals surface area contributed by atoms with Crippen LogP contribution in [-0.2, 0) is 4.74 Å². The van der Waals surface area contributed by atoms with Gasteiger partial charge in [0.2, 0.25) is 5.96 Å². The van der Waals surface area contributed by atoms with Gasteiger partial charge in [0.15, 0.2) is 0 Å². The molecule has 0 saturated carbocycles. The van der Waals surface area contributed by atoms with Gasteiger partial charge in [0, 0.05) is 26.8 Å². The lowest BCUT2D eigenvalue weighted by atomic mass is 9.90. The lowest BCUT2D eigenvalue weighted by molar-refractivity contribution is 0.155. The summed E-state index contributed by atoms with van der Waals surface area (Å²) in [5.74, 6) is 6.03. The molecule has 0 heterocycles. The van der Waals surface area contributed by atoms with Gasteiger partial charge < -0.3 is 10.1 Å². The number of hydrogen-bond acceptors (Lipinski definition) is 3. The Morgan fingerprint density at radius 1 is 1.44 bits per heavy atom. The van der Waals surface area contributed by atoms with Crippen molar-refractivity contribution in [2.45, 2.75) is 33.6 Å². The van der Waals surface area contributed by atoms with Gasteiger partial charge in [-0.2, -0.15) is 0 Å². The zero-order valence-electron chi connectivity index (χ0n) is 11.0. The molecule has 0 spiro atoms. The molecule has 96 valence electrons. The topological polar surface area (TPSA) is 71.7 Å². The largest absolute Gasteiger partial charge is 0.385 e. The van der Waals surface area contributed by atoms with Crippen LogP contribution in [0.1, 0.15) is 33.6 Å². The third kappa shape index (κ3) is 7.48. The molecule has 0 radical (unpaired) electrons. The van der Waals surface area contributed by atoms with E-state index in [1.54, 1.807) is 7.11 Å². The molecule has 0 bridgehead atoms. The Kier molecular flexibility index (Phi) is 7.93. The van der Waals surface area contributed by atoms with Crippen molar-refractivity contribution in [2.75, 3.05) is 26.8 Å². The van der Waals surface area contributed by atoms with E-state index >= 15 is 0 Å². The molecule has 0 atom stereocenters. The molecule has 0 aromatic carbocycles. The van der Waals surface area contributed by atoms with Crippen molar-refractivity contribution in [3.8, 4) is 0 Å². The molecule has 0 unspecified atom stereocenters. The fourth-order valence-corrected chi connectivity index (χ4v) is 1.15. The number of rotatable bonds is 7. The average molecular weight is 230 g/mol. The molecule has 0 aromatic heterocycles. The summed E-state index contributed by atoms with van der Waals surface area (Å²) in [6.45, 7) is 8.81. The predicted octanol–water partition coefficient (Wildman–Crippen LogP) is 0.868. The number of hydrogen-bond donors (Lipinski definition) is 3. The number of hydrazine groups is 1. The highest BCUT2D eigenvalue weighted by Crippen LogP contribution is 2.20. The minimum Gasteiger partial charge on any atom is -0.385 e. The molecular weight excluding hydrogens is 204 g/mol. The molecule has 16 heavy (non-hydrogen) atoms. The molecule has 5 heteroatoms. The average Bonchev–Trinajstić information content (AvgIpc) is 2.27. The first-order chi connectivity index (χ1) is 7.55. The number of ether oxygens (including phenoxy) is 1. The van der Waals surface area contributed by atoms with Crippen LogP contribution in [0.5, 0.6) is 0 Å². The number of methoxy groups -OCH3 is 1. The van der Waals surface area contributed by atoms with Gasteiger partial charge in [0.05, 0.1) is 0 Å². The van der Waals surface area contributed by atoms with Gasteiger partial charge in [-0.3, -0.25) is 10.4 Å². The summed E-state index contributed by atoms with van der Waals surface area (Å²) >= 11 is 0. The molecule has 0 aliphatic heterocycles. The molecule has 0 rings (SSSR count). The molecule has 0 aromatic rings. The smallest absolute Gasteiger partial charge is 0.205 e. The second kappa shape index (κ2) is 8.35. The predicted molar refractivity (Wildman–Crippen MR) is 68.2 cm³/mol. The number of nitrogens with two attached hydrogens (primary N) is 1. The van der Waals surface area contributed by atoms with Crippen molar-refractivity contribution in [2.24, 2.45) is 16.3 Å². The van der Waals surface area contributed by atoms with Crippen LogP contribution in [0, 0.1) is 5.41 Å². The fourth-order valence-electron chi connectivity index (χ4n) is 1.15. The highest BCUT2D eigenvalue weighted by Gasteiger charge is 2.17. The van der Waals surface area contributed by atoms with E-state index in [0.717, 1.165) is 32.5 Å². The molecule has 5 nitrogen and oxygen atoms in total. The zero-order valence-corrected chi connectivity index (χ0v) is 11.0. The van der Waals surface area contributed by atoms with Crippen LogP contribution >= 0.6 is 0 Å². The van der Waals surface area contributed by atoms with Crippen molar-refractivity contribution in [1.82, 2.24) is 10.7 Å². The van der Waals surface area contributed by atoms with Crippen LogP contribution in [0.25, 0.3) is 0 Å². The SMILES string of the molecule is CCCNC(=NCC(C)(C)CCOC)NN. The van der Waals surface area contributed by atoms with Crippen molar-refractivity contribution >= 4 is 5.96 Å². The first-order valence-electron chi connectivity index (χ1n) is 5.79. The summed E-state index contributed by atoms with van der Waals surface area (Å²) < 4.78 is 5.07. The maximum Gasteiger partial charge on any atom is 0.205 e. The monoisotopic (exact) mass is 230 g/mol.